The maximum atomic E-state index is 12.2. The summed E-state index contributed by atoms with van der Waals surface area (Å²) in [6.45, 7) is 4.11. The summed E-state index contributed by atoms with van der Waals surface area (Å²) in [6.07, 6.45) is 0. The van der Waals surface area contributed by atoms with Crippen molar-refractivity contribution in [2.45, 2.75) is 18.2 Å². The van der Waals surface area contributed by atoms with Crippen molar-refractivity contribution in [3.8, 4) is 0 Å². The van der Waals surface area contributed by atoms with Crippen LogP contribution in [0.4, 0.5) is 16.5 Å². The second kappa shape index (κ2) is 8.85. The van der Waals surface area contributed by atoms with Crippen LogP contribution in [0.5, 0.6) is 0 Å². The summed E-state index contributed by atoms with van der Waals surface area (Å²) in [5.41, 5.74) is 9.35. The van der Waals surface area contributed by atoms with Gasteiger partial charge in [-0.25, -0.2) is 0 Å². The summed E-state index contributed by atoms with van der Waals surface area (Å²) in [4.78, 5) is 23.6. The fourth-order valence-electron chi connectivity index (χ4n) is 2.38. The molecule has 1 aromatic heterocycles. The minimum atomic E-state index is -0.588. The number of carbonyl (C=O) groups excluding carboxylic acids is 2. The topological polar surface area (TPSA) is 110 Å². The number of primary amides is 1. The normalized spacial score (nSPS) is 10.5. The minimum Gasteiger partial charge on any atom is -0.366 e. The molecule has 0 aliphatic rings. The number of nitrogens with zero attached hydrogens (tertiary/aromatic N) is 2. The molecule has 0 radical (unpaired) electrons. The van der Waals surface area contributed by atoms with Gasteiger partial charge in [0.1, 0.15) is 0 Å². The molecule has 4 N–H and O–H groups in total. The van der Waals surface area contributed by atoms with Crippen LogP contribution in [0.15, 0.2) is 46.8 Å². The molecule has 0 bridgehead atoms. The Labute approximate surface area is 170 Å². The molecule has 0 atom stereocenters. The van der Waals surface area contributed by atoms with Gasteiger partial charge in [-0.3, -0.25) is 9.59 Å². The Morgan fingerprint density at radius 2 is 1.89 bits per heavy atom. The fourth-order valence-corrected chi connectivity index (χ4v) is 3.95. The number of rotatable bonds is 7. The van der Waals surface area contributed by atoms with Crippen LogP contribution in [-0.2, 0) is 4.79 Å². The number of hydrogen-bond donors (Lipinski definition) is 3. The molecule has 0 aliphatic heterocycles. The Morgan fingerprint density at radius 1 is 1.11 bits per heavy atom. The van der Waals surface area contributed by atoms with E-state index in [2.05, 4.69) is 34.7 Å². The van der Waals surface area contributed by atoms with Gasteiger partial charge in [0.05, 0.1) is 17.0 Å². The second-order valence-corrected chi connectivity index (χ2v) is 8.24. The average Bonchev–Trinajstić information content (AvgIpc) is 3.11. The van der Waals surface area contributed by atoms with Crippen molar-refractivity contribution in [2.75, 3.05) is 16.4 Å². The zero-order valence-corrected chi connectivity index (χ0v) is 17.0. The zero-order chi connectivity index (χ0) is 20.1. The van der Waals surface area contributed by atoms with E-state index in [1.807, 2.05) is 18.2 Å². The van der Waals surface area contributed by atoms with Crippen molar-refractivity contribution in [2.24, 2.45) is 5.73 Å². The number of anilines is 3. The van der Waals surface area contributed by atoms with E-state index in [9.17, 15) is 9.59 Å². The van der Waals surface area contributed by atoms with Gasteiger partial charge in [-0.1, -0.05) is 41.3 Å². The van der Waals surface area contributed by atoms with Gasteiger partial charge in [-0.15, -0.1) is 10.2 Å². The largest absolute Gasteiger partial charge is 0.366 e. The number of amides is 2. The van der Waals surface area contributed by atoms with E-state index < -0.39 is 5.91 Å². The minimum absolute atomic E-state index is 0.144. The lowest BCUT2D eigenvalue weighted by Crippen LogP contribution is -2.19. The third kappa shape index (κ3) is 5.08. The van der Waals surface area contributed by atoms with E-state index in [4.69, 9.17) is 5.73 Å². The predicted molar refractivity (Wildman–Crippen MR) is 113 cm³/mol. The van der Waals surface area contributed by atoms with E-state index >= 15 is 0 Å². The van der Waals surface area contributed by atoms with Gasteiger partial charge >= 0.3 is 0 Å². The molecule has 2 aromatic carbocycles. The van der Waals surface area contributed by atoms with E-state index in [0.717, 1.165) is 5.69 Å². The Balaban J connectivity index is 1.56. The van der Waals surface area contributed by atoms with Crippen LogP contribution in [0.2, 0.25) is 0 Å². The summed E-state index contributed by atoms with van der Waals surface area (Å²) in [5, 5.41) is 14.8. The summed E-state index contributed by atoms with van der Waals surface area (Å²) in [6, 6.07) is 12.7. The van der Waals surface area contributed by atoms with Crippen LogP contribution >= 0.6 is 23.1 Å². The van der Waals surface area contributed by atoms with Crippen LogP contribution < -0.4 is 16.4 Å². The molecule has 0 aliphatic carbocycles. The predicted octanol–water partition coefficient (Wildman–Crippen LogP) is 3.73. The Hall–Kier alpha value is -2.91. The number of aryl methyl sites for hydroxylation is 2. The summed E-state index contributed by atoms with van der Waals surface area (Å²) in [7, 11) is 0. The van der Waals surface area contributed by atoms with Crippen molar-refractivity contribution < 1.29 is 9.59 Å². The number of para-hydroxylation sites is 1. The number of aromatic nitrogens is 2. The van der Waals surface area contributed by atoms with Crippen molar-refractivity contribution in [3.05, 3.63) is 59.2 Å². The lowest BCUT2D eigenvalue weighted by atomic mass is 10.1. The molecule has 0 fully saturated rings. The molecule has 28 heavy (non-hydrogen) atoms. The first-order chi connectivity index (χ1) is 13.4. The van der Waals surface area contributed by atoms with Gasteiger partial charge in [-0.05, 0) is 49.2 Å². The Morgan fingerprint density at radius 3 is 2.64 bits per heavy atom. The molecule has 0 spiro atoms. The maximum absolute atomic E-state index is 12.2. The number of hydrogen-bond acceptors (Lipinski definition) is 7. The number of benzene rings is 2. The Bertz CT molecular complexity index is 1020. The molecule has 0 saturated carbocycles. The van der Waals surface area contributed by atoms with Crippen LogP contribution in [0.25, 0.3) is 0 Å². The van der Waals surface area contributed by atoms with Gasteiger partial charge in [0.25, 0.3) is 5.91 Å². The van der Waals surface area contributed by atoms with Crippen LogP contribution in [-0.4, -0.2) is 27.8 Å². The molecule has 3 aromatic rings. The number of carbonyl (C=O) groups is 2. The van der Waals surface area contributed by atoms with Gasteiger partial charge in [-0.2, -0.15) is 0 Å². The first-order valence-corrected chi connectivity index (χ1v) is 10.2. The molecule has 3 rings (SSSR count). The van der Waals surface area contributed by atoms with Crippen molar-refractivity contribution >= 4 is 51.4 Å². The highest BCUT2D eigenvalue weighted by molar-refractivity contribution is 8.01. The number of nitrogens with two attached hydrogens (primary N) is 1. The SMILES string of the molecule is Cc1ccc(Nc2nnc(SCC(=O)Nc3ccccc3C(N)=O)s2)cc1C. The first-order valence-electron chi connectivity index (χ1n) is 8.41. The van der Waals surface area contributed by atoms with E-state index in [1.54, 1.807) is 24.3 Å². The van der Waals surface area contributed by atoms with E-state index in [1.165, 1.54) is 34.2 Å². The lowest BCUT2D eigenvalue weighted by Gasteiger charge is -2.07. The second-order valence-electron chi connectivity index (χ2n) is 6.04. The summed E-state index contributed by atoms with van der Waals surface area (Å²) in [5.74, 6) is -0.696. The highest BCUT2D eigenvalue weighted by Gasteiger charge is 2.12. The fraction of sp³-hybridized carbons (Fsp3) is 0.158. The van der Waals surface area contributed by atoms with Gasteiger partial charge < -0.3 is 16.4 Å². The molecule has 7 nitrogen and oxygen atoms in total. The molecular weight excluding hydrogens is 394 g/mol. The van der Waals surface area contributed by atoms with Crippen LogP contribution in [0.1, 0.15) is 21.5 Å². The summed E-state index contributed by atoms with van der Waals surface area (Å²) < 4.78 is 0.671. The van der Waals surface area contributed by atoms with Crippen molar-refractivity contribution in [1.29, 1.82) is 0 Å². The van der Waals surface area contributed by atoms with Gasteiger partial charge in [0.15, 0.2) is 4.34 Å². The Kier molecular flexibility index (Phi) is 6.27. The molecule has 0 unspecified atom stereocenters. The summed E-state index contributed by atoms with van der Waals surface area (Å²) >= 11 is 2.65. The third-order valence-corrected chi connectivity index (χ3v) is 5.93. The molecular formula is C19H19N5O2S2. The highest BCUT2D eigenvalue weighted by atomic mass is 32.2. The number of nitrogens with one attached hydrogen (secondary N) is 2. The third-order valence-electron chi connectivity index (χ3n) is 3.96. The smallest absolute Gasteiger partial charge is 0.250 e. The lowest BCUT2D eigenvalue weighted by molar-refractivity contribution is -0.113. The molecule has 144 valence electrons. The molecule has 2 amide bonds. The average molecular weight is 414 g/mol. The number of thioether (sulfide) groups is 1. The zero-order valence-electron chi connectivity index (χ0n) is 15.4. The molecule has 0 saturated heterocycles. The van der Waals surface area contributed by atoms with Crippen molar-refractivity contribution in [3.63, 3.8) is 0 Å². The highest BCUT2D eigenvalue weighted by Crippen LogP contribution is 2.28. The van der Waals surface area contributed by atoms with Crippen LogP contribution in [0.3, 0.4) is 0 Å². The van der Waals surface area contributed by atoms with Gasteiger partial charge in [0, 0.05) is 5.69 Å². The molecule has 1 heterocycles. The van der Waals surface area contributed by atoms with Gasteiger partial charge in [0.2, 0.25) is 11.0 Å². The monoisotopic (exact) mass is 413 g/mol. The maximum Gasteiger partial charge on any atom is 0.250 e. The van der Waals surface area contributed by atoms with Crippen molar-refractivity contribution in [1.82, 2.24) is 10.2 Å². The first kappa shape index (κ1) is 19.8. The molecule has 9 heteroatoms. The quantitative estimate of drug-likeness (QED) is 0.509. The van der Waals surface area contributed by atoms with E-state index in [-0.39, 0.29) is 17.2 Å². The van der Waals surface area contributed by atoms with E-state index in [0.29, 0.717) is 15.2 Å². The standard InChI is InChI=1S/C19H19N5O2S2/c1-11-7-8-13(9-12(11)2)21-18-23-24-19(28-18)27-10-16(25)22-15-6-4-3-5-14(15)17(20)26/h3-9H,10H2,1-2H3,(H2,20,26)(H,21,23)(H,22,25). The van der Waals surface area contributed by atoms with Crippen LogP contribution in [0, 0.1) is 13.8 Å².